The lowest BCUT2D eigenvalue weighted by atomic mass is 10.1. The predicted molar refractivity (Wildman–Crippen MR) is 115 cm³/mol. The summed E-state index contributed by atoms with van der Waals surface area (Å²) in [6, 6.07) is 12.9. The fourth-order valence-electron chi connectivity index (χ4n) is 4.01. The monoisotopic (exact) mass is 429 g/mol. The molecule has 1 N–H and O–H groups in total. The highest BCUT2D eigenvalue weighted by atomic mass is 32.2. The van der Waals surface area contributed by atoms with E-state index in [0.717, 1.165) is 55.2 Å². The fourth-order valence-corrected chi connectivity index (χ4v) is 5.07. The number of nitrogens with one attached hydrogen (secondary N) is 1. The van der Waals surface area contributed by atoms with Crippen LogP contribution in [0.4, 0.5) is 5.69 Å². The molecule has 1 amide bonds. The summed E-state index contributed by atoms with van der Waals surface area (Å²) >= 11 is 0. The summed E-state index contributed by atoms with van der Waals surface area (Å²) in [6.07, 6.45) is 0.667. The van der Waals surface area contributed by atoms with Crippen LogP contribution in [0.2, 0.25) is 0 Å². The van der Waals surface area contributed by atoms with Crippen molar-refractivity contribution in [3.8, 4) is 0 Å². The first-order chi connectivity index (χ1) is 14.4. The van der Waals surface area contributed by atoms with Gasteiger partial charge in [-0.3, -0.25) is 9.69 Å². The van der Waals surface area contributed by atoms with Gasteiger partial charge in [0.2, 0.25) is 15.9 Å². The number of anilines is 1. The van der Waals surface area contributed by atoms with Crippen molar-refractivity contribution in [2.75, 3.05) is 37.7 Å². The third kappa shape index (κ3) is 4.57. The maximum Gasteiger partial charge on any atom is 0.240 e. The smallest absolute Gasteiger partial charge is 0.240 e. The maximum atomic E-state index is 12.9. The number of morpholine rings is 1. The Hall–Kier alpha value is -2.26. The second-order valence-electron chi connectivity index (χ2n) is 7.69. The highest BCUT2D eigenvalue weighted by molar-refractivity contribution is 7.89. The largest absolute Gasteiger partial charge is 0.379 e. The van der Waals surface area contributed by atoms with E-state index < -0.39 is 10.0 Å². The number of nitrogens with zero attached hydrogens (tertiary/aromatic N) is 2. The van der Waals surface area contributed by atoms with E-state index in [9.17, 15) is 13.2 Å². The summed E-state index contributed by atoms with van der Waals surface area (Å²) in [5.41, 5.74) is 3.78. The predicted octanol–water partition coefficient (Wildman–Crippen LogP) is 1.91. The molecule has 1 saturated heterocycles. The molecule has 0 atom stereocenters. The maximum absolute atomic E-state index is 12.9. The van der Waals surface area contributed by atoms with Crippen LogP contribution in [0.25, 0.3) is 0 Å². The van der Waals surface area contributed by atoms with Crippen molar-refractivity contribution in [1.82, 2.24) is 9.62 Å². The van der Waals surface area contributed by atoms with Gasteiger partial charge in [-0.25, -0.2) is 13.1 Å². The molecule has 0 unspecified atom stereocenters. The molecule has 0 aliphatic carbocycles. The van der Waals surface area contributed by atoms with Gasteiger partial charge < -0.3 is 9.64 Å². The number of carbonyl (C=O) groups is 1. The Morgan fingerprint density at radius 1 is 1.07 bits per heavy atom. The van der Waals surface area contributed by atoms with Crippen molar-refractivity contribution < 1.29 is 17.9 Å². The second kappa shape index (κ2) is 8.85. The van der Waals surface area contributed by atoms with Crippen molar-refractivity contribution >= 4 is 21.6 Å². The van der Waals surface area contributed by atoms with E-state index in [2.05, 4.69) is 9.62 Å². The average molecular weight is 430 g/mol. The molecule has 1 fully saturated rings. The van der Waals surface area contributed by atoms with E-state index in [1.807, 2.05) is 24.3 Å². The lowest BCUT2D eigenvalue weighted by Gasteiger charge is -2.27. The van der Waals surface area contributed by atoms with Crippen LogP contribution in [-0.4, -0.2) is 52.1 Å². The SMILES string of the molecule is CC(=O)N1CCc2cc(S(=O)(=O)NCc3ccccc3CN3CCOCC3)ccc21. The van der Waals surface area contributed by atoms with Crippen molar-refractivity contribution in [1.29, 1.82) is 0 Å². The zero-order chi connectivity index (χ0) is 21.1. The number of fused-ring (bicyclic) bond motifs is 1. The number of hydrogen-bond acceptors (Lipinski definition) is 5. The molecule has 2 heterocycles. The molecule has 160 valence electrons. The van der Waals surface area contributed by atoms with Crippen molar-refractivity contribution in [2.45, 2.75) is 31.3 Å². The van der Waals surface area contributed by atoms with Crippen molar-refractivity contribution in [3.63, 3.8) is 0 Å². The Balaban J connectivity index is 1.47. The van der Waals surface area contributed by atoms with Gasteiger partial charge in [0, 0.05) is 45.3 Å². The van der Waals surface area contributed by atoms with Crippen LogP contribution < -0.4 is 9.62 Å². The van der Waals surface area contributed by atoms with Gasteiger partial charge in [-0.1, -0.05) is 24.3 Å². The lowest BCUT2D eigenvalue weighted by molar-refractivity contribution is -0.116. The molecule has 2 aromatic rings. The van der Waals surface area contributed by atoms with Crippen LogP contribution >= 0.6 is 0 Å². The Morgan fingerprint density at radius 2 is 1.80 bits per heavy atom. The van der Waals surface area contributed by atoms with Crippen LogP contribution in [0, 0.1) is 0 Å². The van der Waals surface area contributed by atoms with Crippen LogP contribution in [0.3, 0.4) is 0 Å². The molecule has 30 heavy (non-hydrogen) atoms. The van der Waals surface area contributed by atoms with Gasteiger partial charge in [0.25, 0.3) is 0 Å². The first-order valence-electron chi connectivity index (χ1n) is 10.2. The van der Waals surface area contributed by atoms with E-state index in [4.69, 9.17) is 4.74 Å². The first kappa shape index (κ1) is 21.0. The molecule has 0 spiro atoms. The van der Waals surface area contributed by atoms with Crippen LogP contribution in [0.5, 0.6) is 0 Å². The molecule has 0 aromatic heterocycles. The number of sulfonamides is 1. The van der Waals surface area contributed by atoms with E-state index in [0.29, 0.717) is 13.0 Å². The Bertz CT molecular complexity index is 1030. The third-order valence-electron chi connectivity index (χ3n) is 5.71. The van der Waals surface area contributed by atoms with Gasteiger partial charge in [0.05, 0.1) is 18.1 Å². The summed E-state index contributed by atoms with van der Waals surface area (Å²) in [7, 11) is -3.65. The fraction of sp³-hybridized carbons (Fsp3) is 0.409. The Kier molecular flexibility index (Phi) is 6.19. The Morgan fingerprint density at radius 3 is 2.53 bits per heavy atom. The van der Waals surface area contributed by atoms with E-state index in [1.165, 1.54) is 6.92 Å². The summed E-state index contributed by atoms with van der Waals surface area (Å²) in [6.45, 7) is 6.36. The molecule has 2 aliphatic rings. The van der Waals surface area contributed by atoms with Gasteiger partial charge >= 0.3 is 0 Å². The number of hydrogen-bond donors (Lipinski definition) is 1. The second-order valence-corrected chi connectivity index (χ2v) is 9.46. The number of rotatable bonds is 6. The topological polar surface area (TPSA) is 79.0 Å². The standard InChI is InChI=1S/C22H27N3O4S/c1-17(26)25-9-8-18-14-21(6-7-22(18)25)30(27,28)23-15-19-4-2-3-5-20(19)16-24-10-12-29-13-11-24/h2-7,14,23H,8-13,15-16H2,1H3. The zero-order valence-corrected chi connectivity index (χ0v) is 18.0. The lowest BCUT2D eigenvalue weighted by Crippen LogP contribution is -2.36. The molecule has 0 radical (unpaired) electrons. The van der Waals surface area contributed by atoms with Gasteiger partial charge in [-0.05, 0) is 41.3 Å². The number of amides is 1. The highest BCUT2D eigenvalue weighted by Gasteiger charge is 2.25. The van der Waals surface area contributed by atoms with E-state index >= 15 is 0 Å². The molecule has 7 nitrogen and oxygen atoms in total. The summed E-state index contributed by atoms with van der Waals surface area (Å²) in [4.78, 5) is 15.9. The molecule has 0 bridgehead atoms. The molecule has 2 aromatic carbocycles. The molecular formula is C22H27N3O4S. The average Bonchev–Trinajstić information content (AvgIpc) is 3.18. The van der Waals surface area contributed by atoms with E-state index in [1.54, 1.807) is 23.1 Å². The minimum Gasteiger partial charge on any atom is -0.379 e. The minimum absolute atomic E-state index is 0.0284. The van der Waals surface area contributed by atoms with Crippen molar-refractivity contribution in [2.24, 2.45) is 0 Å². The zero-order valence-electron chi connectivity index (χ0n) is 17.1. The molecular weight excluding hydrogens is 402 g/mol. The van der Waals surface area contributed by atoms with Gasteiger partial charge in [0.1, 0.15) is 0 Å². The summed E-state index contributed by atoms with van der Waals surface area (Å²) < 4.78 is 34.0. The van der Waals surface area contributed by atoms with Crippen LogP contribution in [0.1, 0.15) is 23.6 Å². The number of benzene rings is 2. The summed E-state index contributed by atoms with van der Waals surface area (Å²) in [5, 5.41) is 0. The number of carbonyl (C=O) groups excluding carboxylic acids is 1. The molecule has 2 aliphatic heterocycles. The first-order valence-corrected chi connectivity index (χ1v) is 11.7. The van der Waals surface area contributed by atoms with Gasteiger partial charge in [-0.15, -0.1) is 0 Å². The van der Waals surface area contributed by atoms with Crippen LogP contribution in [0.15, 0.2) is 47.4 Å². The highest BCUT2D eigenvalue weighted by Crippen LogP contribution is 2.30. The van der Waals surface area contributed by atoms with Crippen LogP contribution in [-0.2, 0) is 39.1 Å². The third-order valence-corrected chi connectivity index (χ3v) is 7.10. The summed E-state index contributed by atoms with van der Waals surface area (Å²) in [5.74, 6) is -0.0284. The quantitative estimate of drug-likeness (QED) is 0.759. The molecule has 4 rings (SSSR count). The van der Waals surface area contributed by atoms with E-state index in [-0.39, 0.29) is 17.3 Å². The van der Waals surface area contributed by atoms with Gasteiger partial charge in [0.15, 0.2) is 0 Å². The molecule has 8 heteroatoms. The molecule has 0 saturated carbocycles. The van der Waals surface area contributed by atoms with Crippen molar-refractivity contribution in [3.05, 3.63) is 59.2 Å². The van der Waals surface area contributed by atoms with Gasteiger partial charge in [-0.2, -0.15) is 0 Å². The Labute approximate surface area is 177 Å². The normalized spacial score (nSPS) is 17.2. The minimum atomic E-state index is -3.65. The number of ether oxygens (including phenoxy) is 1.